The van der Waals surface area contributed by atoms with Gasteiger partial charge in [-0.3, -0.25) is 0 Å². The van der Waals surface area contributed by atoms with Gasteiger partial charge in [-0.1, -0.05) is 24.4 Å². The first-order chi connectivity index (χ1) is 8.62. The lowest BCUT2D eigenvalue weighted by molar-refractivity contribution is 0.297. The van der Waals surface area contributed by atoms with Gasteiger partial charge in [0.05, 0.1) is 13.7 Å². The molecule has 2 N–H and O–H groups in total. The standard InChI is InChI=1S/C14H20ClNO2/c1-3-18-13-11(17-2)7-6-10(15)12(13)14(16)8-4-5-9-14/h6-7H,3-5,8-9,16H2,1-2H3. The number of nitrogens with two attached hydrogens (primary N) is 1. The molecule has 1 aromatic rings. The highest BCUT2D eigenvalue weighted by atomic mass is 35.5. The molecule has 1 aliphatic rings. The predicted molar refractivity (Wildman–Crippen MR) is 73.5 cm³/mol. The minimum atomic E-state index is -0.379. The Kier molecular flexibility index (Phi) is 4.03. The summed E-state index contributed by atoms with van der Waals surface area (Å²) in [4.78, 5) is 0. The van der Waals surface area contributed by atoms with Gasteiger partial charge in [0, 0.05) is 16.1 Å². The third kappa shape index (κ3) is 2.29. The fraction of sp³-hybridized carbons (Fsp3) is 0.571. The van der Waals surface area contributed by atoms with Gasteiger partial charge in [-0.2, -0.15) is 0 Å². The zero-order valence-corrected chi connectivity index (χ0v) is 11.7. The number of halogens is 1. The molecule has 4 heteroatoms. The fourth-order valence-corrected chi connectivity index (χ4v) is 3.04. The Morgan fingerprint density at radius 2 is 2.00 bits per heavy atom. The van der Waals surface area contributed by atoms with Crippen molar-refractivity contribution in [2.75, 3.05) is 13.7 Å². The highest BCUT2D eigenvalue weighted by Gasteiger charge is 2.37. The van der Waals surface area contributed by atoms with Gasteiger partial charge in [-0.15, -0.1) is 0 Å². The maximum absolute atomic E-state index is 6.52. The second kappa shape index (κ2) is 5.37. The van der Waals surface area contributed by atoms with Crippen LogP contribution in [-0.4, -0.2) is 13.7 Å². The first-order valence-corrected chi connectivity index (χ1v) is 6.79. The largest absolute Gasteiger partial charge is 0.493 e. The SMILES string of the molecule is CCOc1c(OC)ccc(Cl)c1C1(N)CCCC1. The molecule has 0 aromatic heterocycles. The van der Waals surface area contributed by atoms with Crippen molar-refractivity contribution in [3.05, 3.63) is 22.7 Å². The van der Waals surface area contributed by atoms with E-state index in [2.05, 4.69) is 0 Å². The molecule has 0 unspecified atom stereocenters. The number of ether oxygens (including phenoxy) is 2. The summed E-state index contributed by atoms with van der Waals surface area (Å²) in [6.07, 6.45) is 4.16. The van der Waals surface area contributed by atoms with Gasteiger partial charge in [0.15, 0.2) is 11.5 Å². The molecule has 3 nitrogen and oxygen atoms in total. The molecule has 0 bridgehead atoms. The minimum Gasteiger partial charge on any atom is -0.493 e. The molecule has 0 heterocycles. The van der Waals surface area contributed by atoms with Crippen LogP contribution in [-0.2, 0) is 5.54 Å². The first kappa shape index (κ1) is 13.5. The molecule has 2 rings (SSSR count). The van der Waals surface area contributed by atoms with E-state index >= 15 is 0 Å². The smallest absolute Gasteiger partial charge is 0.167 e. The highest BCUT2D eigenvalue weighted by molar-refractivity contribution is 6.31. The summed E-state index contributed by atoms with van der Waals surface area (Å²) in [5.41, 5.74) is 7.04. The molecule has 0 spiro atoms. The zero-order valence-electron chi connectivity index (χ0n) is 11.0. The molecular formula is C14H20ClNO2. The van der Waals surface area contributed by atoms with Gasteiger partial charge < -0.3 is 15.2 Å². The normalized spacial score (nSPS) is 17.8. The molecule has 18 heavy (non-hydrogen) atoms. The van der Waals surface area contributed by atoms with Crippen molar-refractivity contribution in [3.8, 4) is 11.5 Å². The van der Waals surface area contributed by atoms with Crippen LogP contribution in [0, 0.1) is 0 Å². The number of hydrogen-bond acceptors (Lipinski definition) is 3. The van der Waals surface area contributed by atoms with Crippen LogP contribution >= 0.6 is 11.6 Å². The lowest BCUT2D eigenvalue weighted by atomic mass is 9.88. The van der Waals surface area contributed by atoms with Crippen LogP contribution in [0.3, 0.4) is 0 Å². The summed E-state index contributed by atoms with van der Waals surface area (Å²) >= 11 is 6.35. The van der Waals surface area contributed by atoms with E-state index in [9.17, 15) is 0 Å². The molecule has 100 valence electrons. The summed E-state index contributed by atoms with van der Waals surface area (Å²) in [7, 11) is 1.63. The van der Waals surface area contributed by atoms with Crippen molar-refractivity contribution in [1.82, 2.24) is 0 Å². The van der Waals surface area contributed by atoms with Crippen LogP contribution in [0.25, 0.3) is 0 Å². The van der Waals surface area contributed by atoms with Crippen molar-refractivity contribution in [2.45, 2.75) is 38.1 Å². The molecule has 1 aliphatic carbocycles. The average Bonchev–Trinajstić information content (AvgIpc) is 2.77. The lowest BCUT2D eigenvalue weighted by Crippen LogP contribution is -2.34. The van der Waals surface area contributed by atoms with E-state index in [0.717, 1.165) is 31.2 Å². The van der Waals surface area contributed by atoms with Gasteiger partial charge in [0.2, 0.25) is 0 Å². The van der Waals surface area contributed by atoms with Crippen LogP contribution in [0.1, 0.15) is 38.2 Å². The van der Waals surface area contributed by atoms with Gasteiger partial charge in [-0.25, -0.2) is 0 Å². The average molecular weight is 270 g/mol. The van der Waals surface area contributed by atoms with Gasteiger partial charge in [0.25, 0.3) is 0 Å². The second-order valence-corrected chi connectivity index (χ2v) is 5.16. The predicted octanol–water partition coefficient (Wildman–Crippen LogP) is 3.48. The molecule has 1 saturated carbocycles. The minimum absolute atomic E-state index is 0.379. The zero-order chi connectivity index (χ0) is 13.2. The summed E-state index contributed by atoms with van der Waals surface area (Å²) in [5.74, 6) is 1.41. The van der Waals surface area contributed by atoms with Crippen molar-refractivity contribution in [2.24, 2.45) is 5.73 Å². The first-order valence-electron chi connectivity index (χ1n) is 6.41. The fourth-order valence-electron chi connectivity index (χ4n) is 2.71. The molecule has 1 fully saturated rings. The molecule has 0 aliphatic heterocycles. The van der Waals surface area contributed by atoms with E-state index in [4.69, 9.17) is 26.8 Å². The Balaban J connectivity index is 2.55. The summed E-state index contributed by atoms with van der Waals surface area (Å²) in [6, 6.07) is 3.67. The van der Waals surface area contributed by atoms with Crippen LogP contribution < -0.4 is 15.2 Å². The van der Waals surface area contributed by atoms with E-state index in [1.165, 1.54) is 0 Å². The number of benzene rings is 1. The Morgan fingerprint density at radius 3 is 2.56 bits per heavy atom. The number of rotatable bonds is 4. The van der Waals surface area contributed by atoms with E-state index < -0.39 is 0 Å². The van der Waals surface area contributed by atoms with Crippen LogP contribution in [0.2, 0.25) is 5.02 Å². The third-order valence-corrected chi connectivity index (χ3v) is 3.89. The molecular weight excluding hydrogens is 250 g/mol. The Bertz CT molecular complexity index is 428. The Hall–Kier alpha value is -0.930. The Morgan fingerprint density at radius 1 is 1.33 bits per heavy atom. The number of hydrogen-bond donors (Lipinski definition) is 1. The van der Waals surface area contributed by atoms with Crippen LogP contribution in [0.4, 0.5) is 0 Å². The van der Waals surface area contributed by atoms with Crippen molar-refractivity contribution in [3.63, 3.8) is 0 Å². The molecule has 1 aromatic carbocycles. The third-order valence-electron chi connectivity index (χ3n) is 3.57. The van der Waals surface area contributed by atoms with Gasteiger partial charge in [0.1, 0.15) is 0 Å². The van der Waals surface area contributed by atoms with E-state index in [0.29, 0.717) is 23.1 Å². The lowest BCUT2D eigenvalue weighted by Gasteiger charge is -2.28. The van der Waals surface area contributed by atoms with Crippen LogP contribution in [0.15, 0.2) is 12.1 Å². The summed E-state index contributed by atoms with van der Waals surface area (Å²) in [6.45, 7) is 2.52. The van der Waals surface area contributed by atoms with E-state index in [1.54, 1.807) is 7.11 Å². The van der Waals surface area contributed by atoms with Crippen LogP contribution in [0.5, 0.6) is 11.5 Å². The monoisotopic (exact) mass is 269 g/mol. The quantitative estimate of drug-likeness (QED) is 0.910. The van der Waals surface area contributed by atoms with Gasteiger partial charge in [-0.05, 0) is 31.9 Å². The maximum Gasteiger partial charge on any atom is 0.167 e. The van der Waals surface area contributed by atoms with Crippen molar-refractivity contribution in [1.29, 1.82) is 0 Å². The summed E-state index contributed by atoms with van der Waals surface area (Å²) < 4.78 is 11.1. The maximum atomic E-state index is 6.52. The highest BCUT2D eigenvalue weighted by Crippen LogP contribution is 2.47. The number of methoxy groups -OCH3 is 1. The van der Waals surface area contributed by atoms with Crippen molar-refractivity contribution >= 4 is 11.6 Å². The van der Waals surface area contributed by atoms with E-state index in [1.807, 2.05) is 19.1 Å². The molecule has 0 radical (unpaired) electrons. The Labute approximate surface area is 113 Å². The molecule has 0 amide bonds. The second-order valence-electron chi connectivity index (χ2n) is 4.75. The molecule has 0 atom stereocenters. The summed E-state index contributed by atoms with van der Waals surface area (Å²) in [5, 5.41) is 0.670. The molecule has 0 saturated heterocycles. The van der Waals surface area contributed by atoms with Crippen molar-refractivity contribution < 1.29 is 9.47 Å². The topological polar surface area (TPSA) is 44.5 Å². The van der Waals surface area contributed by atoms with E-state index in [-0.39, 0.29) is 5.54 Å². The van der Waals surface area contributed by atoms with Gasteiger partial charge >= 0.3 is 0 Å².